The van der Waals surface area contributed by atoms with Gasteiger partial charge in [0.15, 0.2) is 0 Å². The van der Waals surface area contributed by atoms with Gasteiger partial charge >= 0.3 is 0 Å². The Balaban J connectivity index is 1.03. The minimum Gasteiger partial charge on any atom is -0.261 e. The van der Waals surface area contributed by atoms with Crippen LogP contribution in [0.1, 0.15) is 69.8 Å². The number of hydrogen-bond acceptors (Lipinski definition) is 1. The molecule has 1 heteroatoms. The predicted octanol–water partition coefficient (Wildman–Crippen LogP) is 13.7. The van der Waals surface area contributed by atoms with Gasteiger partial charge in [0.25, 0.3) is 0 Å². The Labute approximate surface area is 330 Å². The van der Waals surface area contributed by atoms with Crippen molar-refractivity contribution in [3.8, 4) is 33.4 Å². The van der Waals surface area contributed by atoms with Crippen molar-refractivity contribution < 1.29 is 0 Å². The lowest BCUT2D eigenvalue weighted by Crippen LogP contribution is -2.28. The average Bonchev–Trinajstić information content (AvgIpc) is 3.62. The molecule has 0 N–H and O–H groups in total. The van der Waals surface area contributed by atoms with Crippen molar-refractivity contribution in [1.29, 1.82) is 0 Å². The Kier molecular flexibility index (Phi) is 8.84. The van der Waals surface area contributed by atoms with Crippen LogP contribution < -0.4 is 0 Å². The SMILES string of the molecule is C1=C(c2ccccc2)c2ccc(-c3ccc(-c4ccc5c(c4)C(c4ccccc4)(c4ccccc4)c4ccccc4-5)cc3)cc2CCCCC1c1ccccn1. The molecule has 56 heavy (non-hydrogen) atoms. The summed E-state index contributed by atoms with van der Waals surface area (Å²) < 4.78 is 0. The van der Waals surface area contributed by atoms with E-state index >= 15 is 0 Å². The second kappa shape index (κ2) is 14.6. The van der Waals surface area contributed by atoms with Crippen LogP contribution in [0.4, 0.5) is 0 Å². The van der Waals surface area contributed by atoms with Gasteiger partial charge in [-0.3, -0.25) is 4.98 Å². The zero-order valence-corrected chi connectivity index (χ0v) is 31.5. The molecule has 0 radical (unpaired) electrons. The average molecular weight is 718 g/mol. The molecule has 2 aliphatic rings. The fourth-order valence-electron chi connectivity index (χ4n) is 9.47. The van der Waals surface area contributed by atoms with Crippen LogP contribution in [0.25, 0.3) is 39.0 Å². The molecule has 8 aromatic rings. The van der Waals surface area contributed by atoms with Gasteiger partial charge in [0.05, 0.1) is 5.41 Å². The van der Waals surface area contributed by atoms with Gasteiger partial charge in [-0.15, -0.1) is 0 Å². The second-order valence-electron chi connectivity index (χ2n) is 15.3. The van der Waals surface area contributed by atoms with E-state index in [4.69, 9.17) is 4.98 Å². The number of allylic oxidation sites excluding steroid dienone is 1. The van der Waals surface area contributed by atoms with E-state index in [0.717, 1.165) is 25.0 Å². The lowest BCUT2D eigenvalue weighted by molar-refractivity contribution is 0.630. The van der Waals surface area contributed by atoms with E-state index in [1.165, 1.54) is 84.3 Å². The van der Waals surface area contributed by atoms with Gasteiger partial charge in [-0.1, -0.05) is 188 Å². The first-order chi connectivity index (χ1) is 27.8. The quantitative estimate of drug-likeness (QED) is 0.167. The van der Waals surface area contributed by atoms with Crippen LogP contribution in [0.15, 0.2) is 206 Å². The maximum Gasteiger partial charge on any atom is 0.0713 e. The van der Waals surface area contributed by atoms with Gasteiger partial charge in [-0.25, -0.2) is 0 Å². The molecule has 10 rings (SSSR count). The van der Waals surface area contributed by atoms with Crippen LogP contribution in [0.5, 0.6) is 0 Å². The number of benzene rings is 7. The minimum atomic E-state index is -0.408. The number of fused-ring (bicyclic) bond motifs is 4. The molecule has 1 nitrogen and oxygen atoms in total. The minimum absolute atomic E-state index is 0.281. The molecule has 268 valence electrons. The summed E-state index contributed by atoms with van der Waals surface area (Å²) in [6.45, 7) is 0. The van der Waals surface area contributed by atoms with E-state index in [1.54, 1.807) is 0 Å². The highest BCUT2D eigenvalue weighted by atomic mass is 14.7. The molecule has 1 unspecified atom stereocenters. The van der Waals surface area contributed by atoms with E-state index in [0.29, 0.717) is 0 Å². The van der Waals surface area contributed by atoms with Gasteiger partial charge in [0.1, 0.15) is 0 Å². The van der Waals surface area contributed by atoms with Crippen molar-refractivity contribution in [1.82, 2.24) is 4.98 Å². The summed E-state index contributed by atoms with van der Waals surface area (Å²) in [6, 6.07) is 71.7. The smallest absolute Gasteiger partial charge is 0.0713 e. The summed E-state index contributed by atoms with van der Waals surface area (Å²) in [5.41, 5.74) is 18.9. The highest BCUT2D eigenvalue weighted by Crippen LogP contribution is 2.56. The first-order valence-electron chi connectivity index (χ1n) is 20.0. The molecule has 0 aliphatic heterocycles. The molecular formula is C55H43N. The van der Waals surface area contributed by atoms with Crippen LogP contribution in [0.2, 0.25) is 0 Å². The van der Waals surface area contributed by atoms with Crippen molar-refractivity contribution in [2.75, 3.05) is 0 Å². The van der Waals surface area contributed by atoms with Gasteiger partial charge in [-0.05, 0) is 115 Å². The second-order valence-corrected chi connectivity index (χ2v) is 15.3. The molecule has 0 amide bonds. The van der Waals surface area contributed by atoms with E-state index < -0.39 is 5.41 Å². The number of rotatable bonds is 6. The molecule has 0 spiro atoms. The maximum atomic E-state index is 4.79. The fourth-order valence-corrected chi connectivity index (χ4v) is 9.47. The standard InChI is InChI=1S/C55H43N/c1-4-16-41(17-5-1)51-37-45(54-26-14-15-35-56-54)19-11-10-18-44-36-42(31-33-48(44)51)39-27-29-40(30-28-39)43-32-34-50-49-24-12-13-25-52(49)55(53(50)38-43,46-20-6-2-7-21-46)47-22-8-3-9-23-47/h1-9,12-17,20-38,45H,10-11,18-19H2. The summed E-state index contributed by atoms with van der Waals surface area (Å²) in [6.07, 6.45) is 8.89. The summed E-state index contributed by atoms with van der Waals surface area (Å²) in [4.78, 5) is 4.79. The lowest BCUT2D eigenvalue weighted by atomic mass is 9.67. The molecule has 1 atom stereocenters. The van der Waals surface area contributed by atoms with Crippen LogP contribution >= 0.6 is 0 Å². The zero-order valence-electron chi connectivity index (χ0n) is 31.5. The Morgan fingerprint density at radius 1 is 0.429 bits per heavy atom. The third-order valence-corrected chi connectivity index (χ3v) is 12.1. The lowest BCUT2D eigenvalue weighted by Gasteiger charge is -2.34. The third kappa shape index (κ3) is 5.92. The van der Waals surface area contributed by atoms with Gasteiger partial charge in [0.2, 0.25) is 0 Å². The topological polar surface area (TPSA) is 12.9 Å². The van der Waals surface area contributed by atoms with Crippen molar-refractivity contribution in [3.63, 3.8) is 0 Å². The van der Waals surface area contributed by atoms with Gasteiger partial charge in [0, 0.05) is 17.8 Å². The molecule has 2 aliphatic carbocycles. The Morgan fingerprint density at radius 2 is 1.00 bits per heavy atom. The summed E-state index contributed by atoms with van der Waals surface area (Å²) in [5.74, 6) is 0.281. The molecule has 0 saturated carbocycles. The van der Waals surface area contributed by atoms with Crippen molar-refractivity contribution in [2.24, 2.45) is 0 Å². The molecule has 0 saturated heterocycles. The third-order valence-electron chi connectivity index (χ3n) is 12.1. The van der Waals surface area contributed by atoms with E-state index in [9.17, 15) is 0 Å². The van der Waals surface area contributed by atoms with Crippen LogP contribution in [0, 0.1) is 0 Å². The first-order valence-corrected chi connectivity index (χ1v) is 20.0. The summed E-state index contributed by atoms with van der Waals surface area (Å²) in [7, 11) is 0. The predicted molar refractivity (Wildman–Crippen MR) is 233 cm³/mol. The van der Waals surface area contributed by atoms with Crippen molar-refractivity contribution in [3.05, 3.63) is 251 Å². The van der Waals surface area contributed by atoms with E-state index in [1.807, 2.05) is 12.3 Å². The molecular weight excluding hydrogens is 675 g/mol. The largest absolute Gasteiger partial charge is 0.261 e. The summed E-state index contributed by atoms with van der Waals surface area (Å²) >= 11 is 0. The Morgan fingerprint density at radius 3 is 1.68 bits per heavy atom. The van der Waals surface area contributed by atoms with E-state index in [-0.39, 0.29) is 5.92 Å². The highest BCUT2D eigenvalue weighted by Gasteiger charge is 2.46. The number of aryl methyl sites for hydroxylation is 1. The number of nitrogens with zero attached hydrogens (tertiary/aromatic N) is 1. The molecule has 7 aromatic carbocycles. The normalized spacial score (nSPS) is 15.6. The first kappa shape index (κ1) is 34.0. The van der Waals surface area contributed by atoms with E-state index in [2.05, 4.69) is 194 Å². The fraction of sp³-hybridized carbons (Fsp3) is 0.109. The summed E-state index contributed by atoms with van der Waals surface area (Å²) in [5, 5.41) is 0. The molecule has 1 heterocycles. The van der Waals surface area contributed by atoms with Crippen LogP contribution in [0.3, 0.4) is 0 Å². The van der Waals surface area contributed by atoms with Crippen molar-refractivity contribution >= 4 is 5.57 Å². The molecule has 0 bridgehead atoms. The van der Waals surface area contributed by atoms with Gasteiger partial charge in [-0.2, -0.15) is 0 Å². The van der Waals surface area contributed by atoms with Crippen LogP contribution in [-0.2, 0) is 11.8 Å². The van der Waals surface area contributed by atoms with Gasteiger partial charge < -0.3 is 0 Å². The zero-order chi connectivity index (χ0) is 37.3. The Hall–Kier alpha value is -6.57. The number of aromatic nitrogens is 1. The highest BCUT2D eigenvalue weighted by molar-refractivity contribution is 5.89. The Bertz CT molecular complexity index is 2620. The monoisotopic (exact) mass is 717 g/mol. The van der Waals surface area contributed by atoms with Crippen LogP contribution in [-0.4, -0.2) is 4.98 Å². The number of hydrogen-bond donors (Lipinski definition) is 0. The molecule has 1 aromatic heterocycles. The maximum absolute atomic E-state index is 4.79. The van der Waals surface area contributed by atoms with Crippen molar-refractivity contribution in [2.45, 2.75) is 37.0 Å². The number of pyridine rings is 1. The molecule has 0 fully saturated rings.